The molecule has 1 saturated carbocycles. The number of hydrogen-bond donors (Lipinski definition) is 1. The highest BCUT2D eigenvalue weighted by Crippen LogP contribution is 2.43. The number of nitrogens with zero attached hydrogens (tertiary/aromatic N) is 1. The maximum absolute atomic E-state index is 12.9. The van der Waals surface area contributed by atoms with E-state index in [9.17, 15) is 9.59 Å². The topological polar surface area (TPSA) is 82.6 Å². The van der Waals surface area contributed by atoms with Gasteiger partial charge in [0, 0.05) is 42.4 Å². The molecule has 1 fully saturated rings. The van der Waals surface area contributed by atoms with E-state index in [1.165, 1.54) is 0 Å². The Bertz CT molecular complexity index is 1750. The van der Waals surface area contributed by atoms with E-state index in [4.69, 9.17) is 26.4 Å². The minimum absolute atomic E-state index is 0.00212. The van der Waals surface area contributed by atoms with Crippen molar-refractivity contribution in [2.24, 2.45) is 5.92 Å². The summed E-state index contributed by atoms with van der Waals surface area (Å²) >= 11 is 5.53. The van der Waals surface area contributed by atoms with Crippen molar-refractivity contribution in [1.82, 2.24) is 9.55 Å². The van der Waals surface area contributed by atoms with Crippen molar-refractivity contribution in [2.75, 3.05) is 6.61 Å². The minimum Gasteiger partial charge on any atom is -0.453 e. The third kappa shape index (κ3) is 6.53. The zero-order chi connectivity index (χ0) is 31.2. The molecule has 8 heteroatoms. The van der Waals surface area contributed by atoms with Gasteiger partial charge in [-0.1, -0.05) is 109 Å². The number of ether oxygens (including phenoxy) is 3. The van der Waals surface area contributed by atoms with Crippen LogP contribution in [0, 0.1) is 12.8 Å². The first kappa shape index (κ1) is 30.2. The molecule has 0 saturated heterocycles. The normalized spacial score (nSPS) is 17.9. The molecule has 0 bridgehead atoms. The predicted octanol–water partition coefficient (Wildman–Crippen LogP) is 6.55. The number of benzene rings is 4. The van der Waals surface area contributed by atoms with Crippen LogP contribution >= 0.6 is 12.2 Å². The molecule has 0 spiro atoms. The van der Waals surface area contributed by atoms with Crippen molar-refractivity contribution < 1.29 is 14.2 Å². The molecule has 1 N–H and O–H groups in total. The largest absolute Gasteiger partial charge is 0.453 e. The average Bonchev–Trinajstić information content (AvgIpc) is 3.47. The van der Waals surface area contributed by atoms with Gasteiger partial charge in [-0.2, -0.15) is 0 Å². The summed E-state index contributed by atoms with van der Waals surface area (Å²) in [6.07, 6.45) is 2.25. The zero-order valence-corrected chi connectivity index (χ0v) is 25.7. The van der Waals surface area contributed by atoms with Gasteiger partial charge in [-0.3, -0.25) is 14.3 Å². The Morgan fingerprint density at radius 2 is 1.31 bits per heavy atom. The molecule has 0 amide bonds. The van der Waals surface area contributed by atoms with Crippen molar-refractivity contribution in [3.63, 3.8) is 0 Å². The van der Waals surface area contributed by atoms with Gasteiger partial charge in [0.15, 0.2) is 0 Å². The molecule has 3 atom stereocenters. The van der Waals surface area contributed by atoms with Crippen LogP contribution in [0.4, 0.5) is 0 Å². The summed E-state index contributed by atoms with van der Waals surface area (Å²) in [5, 5.41) is 0.00212. The molecule has 4 aromatic carbocycles. The van der Waals surface area contributed by atoms with Gasteiger partial charge < -0.3 is 14.2 Å². The average molecular weight is 619 g/mol. The monoisotopic (exact) mass is 618 g/mol. The quantitative estimate of drug-likeness (QED) is 0.149. The highest BCUT2D eigenvalue weighted by atomic mass is 32.1. The molecule has 5 aromatic rings. The Morgan fingerprint density at radius 3 is 1.84 bits per heavy atom. The number of nitrogens with one attached hydrogen (secondary N) is 1. The lowest BCUT2D eigenvalue weighted by Gasteiger charge is -2.37. The number of hydrogen-bond acceptors (Lipinski definition) is 6. The van der Waals surface area contributed by atoms with Gasteiger partial charge in [0.2, 0.25) is 0 Å². The maximum Gasteiger partial charge on any atom is 0.358 e. The number of aromatic nitrogens is 2. The van der Waals surface area contributed by atoms with Crippen LogP contribution in [0.15, 0.2) is 137 Å². The van der Waals surface area contributed by atoms with E-state index in [0.717, 1.165) is 16.7 Å². The van der Waals surface area contributed by atoms with Gasteiger partial charge in [-0.15, -0.1) is 0 Å². The van der Waals surface area contributed by atoms with Crippen molar-refractivity contribution in [2.45, 2.75) is 37.5 Å². The summed E-state index contributed by atoms with van der Waals surface area (Å²) in [4.78, 5) is 27.5. The molecule has 228 valence electrons. The van der Waals surface area contributed by atoms with Crippen molar-refractivity contribution in [1.29, 1.82) is 0 Å². The first-order valence-corrected chi connectivity index (χ1v) is 15.4. The molecule has 7 nitrogen and oxygen atoms in total. The lowest BCUT2D eigenvalue weighted by atomic mass is 9.80. The van der Waals surface area contributed by atoms with Gasteiger partial charge in [0.25, 0.3) is 5.56 Å². The molecule has 1 aliphatic carbocycles. The first-order valence-electron chi connectivity index (χ1n) is 15.0. The molecule has 6 rings (SSSR count). The van der Waals surface area contributed by atoms with E-state index in [1.807, 2.05) is 84.9 Å². The van der Waals surface area contributed by atoms with Crippen LogP contribution in [0.25, 0.3) is 0 Å². The van der Waals surface area contributed by atoms with E-state index >= 15 is 0 Å². The fourth-order valence-electron chi connectivity index (χ4n) is 6.20. The van der Waals surface area contributed by atoms with E-state index in [0.29, 0.717) is 30.8 Å². The van der Waals surface area contributed by atoms with Crippen LogP contribution in [0.2, 0.25) is 0 Å². The summed E-state index contributed by atoms with van der Waals surface area (Å²) in [6.45, 7) is 1.99. The van der Waals surface area contributed by atoms with Crippen LogP contribution < -0.4 is 16.0 Å². The highest BCUT2D eigenvalue weighted by Gasteiger charge is 2.43. The van der Waals surface area contributed by atoms with Crippen molar-refractivity contribution >= 4 is 17.5 Å². The molecular weight excluding hydrogens is 584 g/mol. The molecule has 0 radical (unpaired) electrons. The Kier molecular flexibility index (Phi) is 9.05. The number of aromatic amines is 1. The molecule has 0 aliphatic heterocycles. The summed E-state index contributed by atoms with van der Waals surface area (Å²) in [7, 11) is 0. The Labute approximate surface area is 267 Å². The Balaban J connectivity index is 1.36. The van der Waals surface area contributed by atoms with E-state index in [-0.39, 0.29) is 17.2 Å². The van der Waals surface area contributed by atoms with Crippen LogP contribution in [0.3, 0.4) is 0 Å². The van der Waals surface area contributed by atoms with E-state index in [1.54, 1.807) is 17.7 Å². The van der Waals surface area contributed by atoms with Crippen molar-refractivity contribution in [3.8, 4) is 5.75 Å². The number of aryl methyl sites for hydroxylation is 1. The summed E-state index contributed by atoms with van der Waals surface area (Å²) in [6, 6.07) is 39.5. The SMILES string of the molecule is Cc1cn([C@@H]2C[C@H](COC(c3ccccc3)(c3ccccc3)c3ccccc3)[C@@H](OC(=S)Oc3ccccc3)C2)c(=O)[nH]c1=O. The second-order valence-electron chi connectivity index (χ2n) is 11.3. The summed E-state index contributed by atoms with van der Waals surface area (Å²) in [5.41, 5.74) is 1.67. The lowest BCUT2D eigenvalue weighted by molar-refractivity contribution is -0.0293. The van der Waals surface area contributed by atoms with Crippen molar-refractivity contribution in [3.05, 3.63) is 171 Å². The second kappa shape index (κ2) is 13.5. The van der Waals surface area contributed by atoms with Gasteiger partial charge >= 0.3 is 10.9 Å². The Morgan fingerprint density at radius 1 is 0.800 bits per heavy atom. The fourth-order valence-corrected chi connectivity index (χ4v) is 6.42. The van der Waals surface area contributed by atoms with Crippen LogP contribution in [-0.2, 0) is 15.1 Å². The third-order valence-electron chi connectivity index (χ3n) is 8.39. The summed E-state index contributed by atoms with van der Waals surface area (Å²) < 4.78 is 20.9. The number of rotatable bonds is 9. The lowest BCUT2D eigenvalue weighted by Crippen LogP contribution is -2.36. The highest BCUT2D eigenvalue weighted by molar-refractivity contribution is 7.79. The molecule has 0 unspecified atom stereocenters. The number of thiocarbonyl (C=S) groups is 1. The van der Waals surface area contributed by atoms with E-state index in [2.05, 4.69) is 41.4 Å². The smallest absolute Gasteiger partial charge is 0.358 e. The third-order valence-corrected chi connectivity index (χ3v) is 8.57. The van der Waals surface area contributed by atoms with Crippen LogP contribution in [-0.4, -0.2) is 27.5 Å². The number of H-pyrrole nitrogens is 1. The number of para-hydroxylation sites is 1. The molecule has 1 aromatic heterocycles. The molecule has 1 heterocycles. The van der Waals surface area contributed by atoms with Gasteiger partial charge in [0.05, 0.1) is 6.61 Å². The standard InChI is InChI=1S/C37H34N2O5S/c1-26-24-39(35(41)38-34(26)40)31-22-27(33(23-31)44-36(45)43-32-20-12-5-13-21-32)25-42-37(28-14-6-2-7-15-28,29-16-8-3-9-17-29)30-18-10-4-11-19-30/h2-21,24,27,31,33H,22-23,25H2,1H3,(H,38,40,41)/t27-,31-,33+/m1/s1. The Hall–Kier alpha value is -4.79. The summed E-state index contributed by atoms with van der Waals surface area (Å²) in [5.74, 6) is 0.413. The maximum atomic E-state index is 12.9. The first-order chi connectivity index (χ1) is 21.9. The van der Waals surface area contributed by atoms with Gasteiger partial charge in [-0.05, 0) is 42.2 Å². The second-order valence-corrected chi connectivity index (χ2v) is 11.6. The molecule has 1 aliphatic rings. The van der Waals surface area contributed by atoms with Crippen LogP contribution in [0.1, 0.15) is 41.1 Å². The van der Waals surface area contributed by atoms with Gasteiger partial charge in [-0.25, -0.2) is 4.79 Å². The predicted molar refractivity (Wildman–Crippen MR) is 178 cm³/mol. The zero-order valence-electron chi connectivity index (χ0n) is 24.9. The minimum atomic E-state index is -0.918. The molecular formula is C37H34N2O5S. The van der Waals surface area contributed by atoms with E-state index < -0.39 is 23.0 Å². The molecule has 45 heavy (non-hydrogen) atoms. The van der Waals surface area contributed by atoms with Gasteiger partial charge in [0.1, 0.15) is 17.5 Å². The van der Waals surface area contributed by atoms with Crippen LogP contribution in [0.5, 0.6) is 5.75 Å². The fraction of sp³-hybridized carbons (Fsp3) is 0.216.